The van der Waals surface area contributed by atoms with Gasteiger partial charge in [-0.2, -0.15) is 14.9 Å². The highest BCUT2D eigenvalue weighted by atomic mass is 79.9. The maximum absolute atomic E-state index is 6.27. The van der Waals surface area contributed by atoms with Crippen LogP contribution in [0.15, 0.2) is 46.0 Å². The Kier molecular flexibility index (Phi) is 5.58. The Labute approximate surface area is 167 Å². The molecule has 9 heteroatoms. The van der Waals surface area contributed by atoms with Gasteiger partial charge in [0.2, 0.25) is 4.77 Å². The van der Waals surface area contributed by atoms with Crippen molar-refractivity contribution in [2.24, 2.45) is 5.10 Å². The molecule has 0 saturated carbocycles. The van der Waals surface area contributed by atoms with E-state index in [4.69, 9.17) is 40.2 Å². The third-order valence-corrected chi connectivity index (χ3v) is 4.63. The molecular weight excluding hydrogens is 447 g/mol. The largest absolute Gasteiger partial charge is 0.496 e. The molecule has 5 nitrogen and oxygen atoms in total. The molecule has 0 aliphatic heterocycles. The standard InChI is InChI=1S/C16H11BrCl2N4OS/c1-24-14-5-2-10(17)6-9(14)8-20-23-15(21-22-16(23)25)12-4-3-11(18)7-13(12)19/h2-8H,1H3,(H,22,25)/b20-8+. The molecule has 2 aromatic carbocycles. The van der Waals surface area contributed by atoms with Crippen molar-refractivity contribution in [1.82, 2.24) is 14.9 Å². The van der Waals surface area contributed by atoms with Crippen LogP contribution in [-0.4, -0.2) is 28.2 Å². The monoisotopic (exact) mass is 456 g/mol. The van der Waals surface area contributed by atoms with Gasteiger partial charge in [0.25, 0.3) is 0 Å². The van der Waals surface area contributed by atoms with Gasteiger partial charge in [0, 0.05) is 20.6 Å². The molecule has 0 aliphatic rings. The number of H-pyrrole nitrogens is 1. The average Bonchev–Trinajstić information content (AvgIpc) is 2.94. The van der Waals surface area contributed by atoms with Crippen LogP contribution in [0, 0.1) is 4.77 Å². The highest BCUT2D eigenvalue weighted by molar-refractivity contribution is 9.10. The number of rotatable bonds is 4. The van der Waals surface area contributed by atoms with Crippen LogP contribution < -0.4 is 4.74 Å². The van der Waals surface area contributed by atoms with Crippen LogP contribution in [0.4, 0.5) is 0 Å². The van der Waals surface area contributed by atoms with Gasteiger partial charge < -0.3 is 4.74 Å². The fourth-order valence-corrected chi connectivity index (χ4v) is 3.22. The van der Waals surface area contributed by atoms with Crippen molar-refractivity contribution in [3.05, 3.63) is 61.3 Å². The minimum Gasteiger partial charge on any atom is -0.496 e. The molecule has 0 aliphatic carbocycles. The summed E-state index contributed by atoms with van der Waals surface area (Å²) in [5, 5.41) is 12.4. The Hall–Kier alpha value is -1.67. The van der Waals surface area contributed by atoms with Gasteiger partial charge in [-0.3, -0.25) is 0 Å². The van der Waals surface area contributed by atoms with E-state index in [0.717, 1.165) is 10.0 Å². The second-order valence-corrected chi connectivity index (χ2v) is 7.07. The molecule has 128 valence electrons. The Morgan fingerprint density at radius 1 is 1.28 bits per heavy atom. The molecular formula is C16H11BrCl2N4OS. The first-order chi connectivity index (χ1) is 12.0. The molecule has 0 fully saturated rings. The number of ether oxygens (including phenoxy) is 1. The SMILES string of the molecule is COc1ccc(Br)cc1/C=N/n1c(-c2ccc(Cl)cc2Cl)n[nH]c1=S. The second-order valence-electron chi connectivity index (χ2n) is 4.92. The molecule has 3 aromatic rings. The summed E-state index contributed by atoms with van der Waals surface area (Å²) in [5.41, 5.74) is 1.45. The van der Waals surface area contributed by atoms with Crippen LogP contribution in [0.2, 0.25) is 10.0 Å². The highest BCUT2D eigenvalue weighted by Gasteiger charge is 2.12. The zero-order valence-corrected chi connectivity index (χ0v) is 16.7. The highest BCUT2D eigenvalue weighted by Crippen LogP contribution is 2.29. The fraction of sp³-hybridized carbons (Fsp3) is 0.0625. The topological polar surface area (TPSA) is 55.2 Å². The lowest BCUT2D eigenvalue weighted by Gasteiger charge is -2.06. The number of aromatic amines is 1. The van der Waals surface area contributed by atoms with E-state index in [9.17, 15) is 0 Å². The molecule has 0 spiro atoms. The predicted octanol–water partition coefficient (Wildman–Crippen LogP) is 5.57. The van der Waals surface area contributed by atoms with Crippen molar-refractivity contribution in [3.8, 4) is 17.1 Å². The number of halogens is 3. The molecule has 0 amide bonds. The van der Waals surface area contributed by atoms with Crippen LogP contribution in [0.5, 0.6) is 5.75 Å². The quantitative estimate of drug-likeness (QED) is 0.411. The van der Waals surface area contributed by atoms with Gasteiger partial charge in [-0.25, -0.2) is 5.10 Å². The van der Waals surface area contributed by atoms with Crippen molar-refractivity contribution >= 4 is 57.6 Å². The van der Waals surface area contributed by atoms with Crippen LogP contribution in [0.1, 0.15) is 5.56 Å². The smallest absolute Gasteiger partial charge is 0.216 e. The van der Waals surface area contributed by atoms with Crippen molar-refractivity contribution < 1.29 is 4.74 Å². The Morgan fingerprint density at radius 3 is 2.80 bits per heavy atom. The lowest BCUT2D eigenvalue weighted by molar-refractivity contribution is 0.414. The number of hydrogen-bond donors (Lipinski definition) is 1. The minimum atomic E-state index is 0.339. The zero-order valence-electron chi connectivity index (χ0n) is 12.8. The lowest BCUT2D eigenvalue weighted by Crippen LogP contribution is -1.97. The number of nitrogens with zero attached hydrogens (tertiary/aromatic N) is 3. The fourth-order valence-electron chi connectivity index (χ4n) is 2.17. The third-order valence-electron chi connectivity index (χ3n) is 3.33. The molecule has 3 rings (SSSR count). The Morgan fingerprint density at radius 2 is 2.08 bits per heavy atom. The summed E-state index contributed by atoms with van der Waals surface area (Å²) in [7, 11) is 1.60. The van der Waals surface area contributed by atoms with Crippen molar-refractivity contribution in [2.75, 3.05) is 7.11 Å². The Bertz CT molecular complexity index is 1020. The van der Waals surface area contributed by atoms with Gasteiger partial charge in [-0.1, -0.05) is 39.1 Å². The van der Waals surface area contributed by atoms with Crippen molar-refractivity contribution in [3.63, 3.8) is 0 Å². The van der Waals surface area contributed by atoms with Crippen molar-refractivity contribution in [1.29, 1.82) is 0 Å². The maximum Gasteiger partial charge on any atom is 0.216 e. The summed E-state index contributed by atoms with van der Waals surface area (Å²) in [6, 6.07) is 10.8. The molecule has 1 N–H and O–H groups in total. The van der Waals surface area contributed by atoms with E-state index in [-0.39, 0.29) is 0 Å². The number of methoxy groups -OCH3 is 1. The van der Waals surface area contributed by atoms with Gasteiger partial charge in [0.05, 0.1) is 18.3 Å². The van der Waals surface area contributed by atoms with Crippen LogP contribution in [0.25, 0.3) is 11.4 Å². The molecule has 0 atom stereocenters. The lowest BCUT2D eigenvalue weighted by atomic mass is 10.2. The third kappa shape index (κ3) is 3.95. The molecule has 0 radical (unpaired) electrons. The van der Waals surface area contributed by atoms with E-state index < -0.39 is 0 Å². The minimum absolute atomic E-state index is 0.339. The van der Waals surface area contributed by atoms with E-state index in [1.165, 1.54) is 4.68 Å². The summed E-state index contributed by atoms with van der Waals surface area (Å²) < 4.78 is 8.08. The molecule has 0 unspecified atom stereocenters. The first-order valence-electron chi connectivity index (χ1n) is 7.00. The maximum atomic E-state index is 6.27. The van der Waals surface area contributed by atoms with Crippen LogP contribution in [0.3, 0.4) is 0 Å². The van der Waals surface area contributed by atoms with Gasteiger partial charge in [0.1, 0.15) is 5.75 Å². The number of benzene rings is 2. The number of aromatic nitrogens is 3. The summed E-state index contributed by atoms with van der Waals surface area (Å²) in [6.45, 7) is 0. The van der Waals surface area contributed by atoms with E-state index in [0.29, 0.717) is 32.0 Å². The summed E-state index contributed by atoms with van der Waals surface area (Å²) in [5.74, 6) is 1.17. The molecule has 1 aromatic heterocycles. The van der Waals surface area contributed by atoms with E-state index >= 15 is 0 Å². The summed E-state index contributed by atoms with van der Waals surface area (Å²) in [4.78, 5) is 0. The summed E-state index contributed by atoms with van der Waals surface area (Å²) >= 11 is 20.9. The molecule has 0 saturated heterocycles. The summed E-state index contributed by atoms with van der Waals surface area (Å²) in [6.07, 6.45) is 1.64. The first kappa shape index (κ1) is 18.1. The van der Waals surface area contributed by atoms with Crippen LogP contribution >= 0.6 is 51.3 Å². The molecule has 0 bridgehead atoms. The first-order valence-corrected chi connectivity index (χ1v) is 8.96. The number of nitrogens with one attached hydrogen (secondary N) is 1. The molecule has 25 heavy (non-hydrogen) atoms. The van der Waals surface area contributed by atoms with Gasteiger partial charge in [-0.05, 0) is 48.6 Å². The van der Waals surface area contributed by atoms with Gasteiger partial charge in [0.15, 0.2) is 5.82 Å². The normalized spacial score (nSPS) is 11.2. The van der Waals surface area contributed by atoms with E-state index in [2.05, 4.69) is 31.2 Å². The predicted molar refractivity (Wildman–Crippen MR) is 107 cm³/mol. The Balaban J connectivity index is 2.06. The van der Waals surface area contributed by atoms with E-state index in [1.54, 1.807) is 31.5 Å². The van der Waals surface area contributed by atoms with E-state index in [1.807, 2.05) is 18.2 Å². The van der Waals surface area contributed by atoms with Crippen molar-refractivity contribution in [2.45, 2.75) is 0 Å². The van der Waals surface area contributed by atoms with Gasteiger partial charge >= 0.3 is 0 Å². The van der Waals surface area contributed by atoms with Crippen LogP contribution in [-0.2, 0) is 0 Å². The molecule has 1 heterocycles. The zero-order chi connectivity index (χ0) is 18.0. The second kappa shape index (κ2) is 7.70. The average molecular weight is 458 g/mol. The number of hydrogen-bond acceptors (Lipinski definition) is 4. The van der Waals surface area contributed by atoms with Gasteiger partial charge in [-0.15, -0.1) is 0 Å².